The topological polar surface area (TPSA) is 85.4 Å². The van der Waals surface area contributed by atoms with Crippen LogP contribution in [0.25, 0.3) is 0 Å². The second kappa shape index (κ2) is 35.5. The molecule has 3 rings (SSSR count). The van der Waals surface area contributed by atoms with Crippen molar-refractivity contribution in [2.24, 2.45) is 10.2 Å². The number of hydrogen-bond donors (Lipinski definition) is 1. The predicted octanol–water partition coefficient (Wildman–Crippen LogP) is 6.54. The van der Waals surface area contributed by atoms with E-state index in [0.29, 0.717) is 12.1 Å². The number of carbonyl (C=O) groups excluding carboxylic acids is 1. The molecule has 0 atom stereocenters. The molecule has 3 aromatic carbocycles. The van der Waals surface area contributed by atoms with Gasteiger partial charge in [-0.2, -0.15) is 0 Å². The van der Waals surface area contributed by atoms with Gasteiger partial charge in [-0.1, -0.05) is 120 Å². The molecule has 40 heavy (non-hydrogen) atoms. The maximum Gasteiger partial charge on any atom is 1.00 e. The molecular formula is C29H42BBr3LiN3O3+. The molecule has 6 nitrogen and oxygen atoms in total. The van der Waals surface area contributed by atoms with E-state index >= 15 is 0 Å². The summed E-state index contributed by atoms with van der Waals surface area (Å²) in [5, 5.41) is 16.0. The summed E-state index contributed by atoms with van der Waals surface area (Å²) in [4.78, 5) is 14.5. The molecule has 1 N–H and O–H groups in total. The minimum Gasteiger partial charge on any atom is -1.00 e. The number of ether oxygens (including phenoxy) is 1. The molecule has 0 amide bonds. The summed E-state index contributed by atoms with van der Waals surface area (Å²) < 4.78 is 7.47. The van der Waals surface area contributed by atoms with Crippen molar-refractivity contribution in [1.29, 1.82) is 0 Å². The number of aliphatic hydroxyl groups excluding tert-OH is 1. The summed E-state index contributed by atoms with van der Waals surface area (Å²) in [6, 6.07) is 22.6. The smallest absolute Gasteiger partial charge is 1.00 e. The molecule has 0 heterocycles. The van der Waals surface area contributed by atoms with Gasteiger partial charge in [0.15, 0.2) is 0 Å². The number of carbonyl (C=O) groups is 1. The molecule has 0 bridgehead atoms. The van der Waals surface area contributed by atoms with Crippen LogP contribution in [0.15, 0.2) is 96.4 Å². The molecule has 0 spiro atoms. The van der Waals surface area contributed by atoms with Crippen molar-refractivity contribution in [2.75, 3.05) is 14.2 Å². The van der Waals surface area contributed by atoms with E-state index < -0.39 is 0 Å². The normalized spacial score (nSPS) is 7.80. The van der Waals surface area contributed by atoms with Crippen LogP contribution in [0.2, 0.25) is 0 Å². The summed E-state index contributed by atoms with van der Waals surface area (Å²) in [7, 11) is 2.97. The van der Waals surface area contributed by atoms with Gasteiger partial charge in [0.1, 0.15) is 23.8 Å². The fourth-order valence-electron chi connectivity index (χ4n) is 2.18. The molecule has 0 saturated heterocycles. The first-order chi connectivity index (χ1) is 18.4. The summed E-state index contributed by atoms with van der Waals surface area (Å²) in [5.41, 5.74) is 2.61. The van der Waals surface area contributed by atoms with E-state index in [4.69, 9.17) is 5.11 Å². The van der Waals surface area contributed by atoms with Gasteiger partial charge in [-0.05, 0) is 53.6 Å². The van der Waals surface area contributed by atoms with Crippen molar-refractivity contribution < 1.29 is 34.9 Å². The number of methoxy groups -OCH3 is 1. The summed E-state index contributed by atoms with van der Waals surface area (Å²) in [5.74, 6) is -0.314. The second-order valence-electron chi connectivity index (χ2n) is 6.01. The largest absolute Gasteiger partial charge is 1.00 e. The van der Waals surface area contributed by atoms with Crippen LogP contribution in [0, 0.1) is 0 Å². The molecule has 0 fully saturated rings. The van der Waals surface area contributed by atoms with Crippen molar-refractivity contribution in [2.45, 2.75) is 54.7 Å². The maximum absolute atomic E-state index is 10.9. The second-order valence-corrected chi connectivity index (χ2v) is 8.76. The minimum absolute atomic E-state index is 0. The Morgan fingerprint density at radius 1 is 0.825 bits per heavy atom. The van der Waals surface area contributed by atoms with Crippen LogP contribution in [0.4, 0.5) is 0 Å². The average molecular weight is 738 g/mol. The van der Waals surface area contributed by atoms with Gasteiger partial charge in [0, 0.05) is 21.8 Å². The number of rotatable bonds is 4. The van der Waals surface area contributed by atoms with Crippen molar-refractivity contribution in [3.05, 3.63) is 103 Å². The minimum atomic E-state index is -0.314. The fraction of sp³-hybridized carbons (Fsp3) is 0.345. The van der Waals surface area contributed by atoms with E-state index in [1.54, 1.807) is 25.2 Å². The van der Waals surface area contributed by atoms with E-state index in [-0.39, 0.29) is 41.3 Å². The molecule has 0 aliphatic carbocycles. The van der Waals surface area contributed by atoms with Crippen molar-refractivity contribution in [3.63, 3.8) is 0 Å². The Morgan fingerprint density at radius 3 is 1.62 bits per heavy atom. The monoisotopic (exact) mass is 735 g/mol. The van der Waals surface area contributed by atoms with Gasteiger partial charge in [0.2, 0.25) is 4.91 Å². The van der Waals surface area contributed by atoms with Crippen molar-refractivity contribution in [1.82, 2.24) is 4.91 Å². The zero-order valence-electron chi connectivity index (χ0n) is 26.2. The zero-order valence-corrected chi connectivity index (χ0v) is 29.9. The van der Waals surface area contributed by atoms with Crippen LogP contribution in [0.1, 0.15) is 64.5 Å². The first-order valence-electron chi connectivity index (χ1n) is 12.3. The summed E-state index contributed by atoms with van der Waals surface area (Å²) >= 11 is 9.92. The number of nitrogens with zero attached hydrogens (tertiary/aromatic N) is 3. The Balaban J connectivity index is -0.0000000996. The Labute approximate surface area is 282 Å². The Kier molecular flexibility index (Phi) is 42.9. The third-order valence-electron chi connectivity index (χ3n) is 3.61. The van der Waals surface area contributed by atoms with Gasteiger partial charge in [-0.25, -0.2) is 4.79 Å². The first-order valence-corrected chi connectivity index (χ1v) is 14.7. The van der Waals surface area contributed by atoms with E-state index in [0.717, 1.165) is 24.5 Å². The van der Waals surface area contributed by atoms with Gasteiger partial charge in [0.25, 0.3) is 0 Å². The molecular weight excluding hydrogens is 696 g/mol. The van der Waals surface area contributed by atoms with Gasteiger partial charge >= 0.3 is 24.8 Å². The number of halogens is 3. The number of benzene rings is 3. The third-order valence-corrected chi connectivity index (χ3v) is 5.09. The fourth-order valence-corrected chi connectivity index (χ4v) is 3.47. The number of aliphatic hydroxyl groups is 1. The van der Waals surface area contributed by atoms with E-state index in [1.807, 2.05) is 96.1 Å². The van der Waals surface area contributed by atoms with Crippen LogP contribution in [-0.2, 0) is 17.9 Å². The Morgan fingerprint density at radius 2 is 1.25 bits per heavy atom. The summed E-state index contributed by atoms with van der Waals surface area (Å²) in [6.45, 7) is 12.7. The predicted molar refractivity (Wildman–Crippen MR) is 177 cm³/mol. The molecule has 0 saturated carbocycles. The molecule has 0 aromatic heterocycles. The maximum atomic E-state index is 10.9. The molecule has 3 aromatic rings. The van der Waals surface area contributed by atoms with Gasteiger partial charge in [-0.3, -0.25) is 0 Å². The van der Waals surface area contributed by atoms with E-state index in [9.17, 15) is 4.79 Å². The van der Waals surface area contributed by atoms with Crippen LogP contribution < -0.4 is 23.8 Å². The van der Waals surface area contributed by atoms with E-state index in [1.165, 1.54) is 7.11 Å². The van der Waals surface area contributed by atoms with E-state index in [2.05, 4.69) is 67.7 Å². The molecule has 0 unspecified atom stereocenters. The molecule has 3 radical (unpaired) electrons. The zero-order chi connectivity index (χ0) is 29.8. The van der Waals surface area contributed by atoms with Gasteiger partial charge < -0.3 is 11.3 Å². The first kappa shape index (κ1) is 48.2. The third kappa shape index (κ3) is 26.7. The number of esters is 1. The molecule has 11 heteroatoms. The number of hydrogen-bond acceptors (Lipinski definition) is 5. The summed E-state index contributed by atoms with van der Waals surface area (Å²) in [6.07, 6.45) is 0. The SMILES string of the molecule is CC.CC.CC.CN=[N+]=NCc1cccc(Br)c1.COC(=O)c1cccc(Br)c1.OCc1cccc(Br)c1.[B].[H-].[Li+]. The Hall–Kier alpha value is -1.50. The Bertz CT molecular complexity index is 1080. The van der Waals surface area contributed by atoms with Crippen LogP contribution in [0.3, 0.4) is 0 Å². The van der Waals surface area contributed by atoms with Crippen molar-refractivity contribution >= 4 is 62.2 Å². The van der Waals surface area contributed by atoms with Crippen LogP contribution in [-0.4, -0.2) is 33.6 Å². The van der Waals surface area contributed by atoms with Crippen LogP contribution in [0.5, 0.6) is 0 Å². The quantitative estimate of drug-likeness (QED) is 0.143. The molecule has 215 valence electrons. The molecule has 0 aliphatic heterocycles. The standard InChI is InChI=1S/C8H9BrN3.C8H7BrO2.C7H7BrO.3C2H6.B.Li.H/c1-10-12-11-6-7-3-2-4-8(9)5-7;1-11-8(10)6-3-2-4-7(9)5-6;8-7-3-1-2-6(4-7)5-9;3*1-2;;;/h2-5H,6H2,1H3;2-5H,1H3;1-4,9H,5H2;3*1-2H3;;;/q+1;;;;;;;+1;-1. The average Bonchev–Trinajstić information content (AvgIpc) is 2.97. The van der Waals surface area contributed by atoms with Crippen LogP contribution >= 0.6 is 47.8 Å². The van der Waals surface area contributed by atoms with Gasteiger partial charge in [-0.15, -0.1) is 0 Å². The molecule has 0 aliphatic rings. The van der Waals surface area contributed by atoms with Crippen molar-refractivity contribution in [3.8, 4) is 0 Å². The van der Waals surface area contributed by atoms with Gasteiger partial charge in [0.05, 0.1) is 19.3 Å².